The van der Waals surface area contributed by atoms with Gasteiger partial charge in [0.25, 0.3) is 11.1 Å². The number of carbonyl (C=O) groups excluding carboxylic acids is 4. The van der Waals surface area contributed by atoms with Crippen LogP contribution in [0.3, 0.4) is 0 Å². The summed E-state index contributed by atoms with van der Waals surface area (Å²) in [5.74, 6) is 0.0724. The van der Waals surface area contributed by atoms with Gasteiger partial charge in [0.1, 0.15) is 5.71 Å². The van der Waals surface area contributed by atoms with Gasteiger partial charge in [0.15, 0.2) is 27.7 Å². The van der Waals surface area contributed by atoms with Crippen molar-refractivity contribution in [2.24, 2.45) is 24.3 Å². The average molecular weight is 1080 g/mol. The van der Waals surface area contributed by atoms with Gasteiger partial charge in [0.2, 0.25) is 23.6 Å². The van der Waals surface area contributed by atoms with Crippen LogP contribution in [0, 0.1) is 0 Å². The Balaban J connectivity index is 0.000000168. The normalized spacial score (nSPS) is 18.6. The number of aromatic nitrogens is 4. The van der Waals surface area contributed by atoms with Crippen molar-refractivity contribution < 1.29 is 38.0 Å². The van der Waals surface area contributed by atoms with Crippen molar-refractivity contribution in [1.29, 1.82) is 0 Å². The summed E-state index contributed by atoms with van der Waals surface area (Å²) in [5, 5.41) is 19.1. The van der Waals surface area contributed by atoms with Gasteiger partial charge in [-0.25, -0.2) is 19.4 Å². The number of ketones is 2. The van der Waals surface area contributed by atoms with Crippen LogP contribution in [-0.2, 0) is 42.6 Å². The Morgan fingerprint density at radius 3 is 1.43 bits per heavy atom. The number of aryl methyl sites for hydroxylation is 2. The molecule has 3 fully saturated rings. The number of benzene rings is 2. The van der Waals surface area contributed by atoms with Crippen LogP contribution >= 0.6 is 62.3 Å². The smallest absolute Gasteiger partial charge is 0.434 e. The molecule has 2 amide bonds. The van der Waals surface area contributed by atoms with Gasteiger partial charge in [-0.3, -0.25) is 28.8 Å². The van der Waals surface area contributed by atoms with Crippen LogP contribution in [0.15, 0.2) is 56.2 Å². The second-order valence-electron chi connectivity index (χ2n) is 17.5. The molecule has 358 valence electrons. The minimum Gasteiger partial charge on any atom is -0.434 e. The summed E-state index contributed by atoms with van der Waals surface area (Å²) < 4.78 is 26.5. The van der Waals surface area contributed by atoms with Crippen molar-refractivity contribution in [1.82, 2.24) is 29.6 Å². The molecule has 5 aliphatic rings. The Kier molecular flexibility index (Phi) is 14.8. The number of halogens is 5. The molecule has 0 unspecified atom stereocenters. The maximum Gasteiger partial charge on any atom is 0.494 e. The molecule has 0 atom stereocenters. The minimum absolute atomic E-state index is 0.0828. The average Bonchev–Trinajstić information content (AvgIpc) is 4.19. The first-order valence-electron chi connectivity index (χ1n) is 21.1. The lowest BCUT2D eigenvalue weighted by atomic mass is 9.79. The van der Waals surface area contributed by atoms with Crippen LogP contribution in [-0.4, -0.2) is 95.7 Å². The second kappa shape index (κ2) is 19.8. The molecule has 2 aromatic heterocycles. The first-order valence-corrected chi connectivity index (χ1v) is 23.4. The number of hydrogen-bond donors (Lipinski definition) is 0. The third kappa shape index (κ3) is 11.2. The summed E-state index contributed by atoms with van der Waals surface area (Å²) in [6.07, 6.45) is 3.57. The molecule has 0 radical (unpaired) electrons. The standard InChI is InChI=1S/C20H23BCl2N2O4.C19H16Cl2N4O4.C5H5BrN2O2/c1-19(2)20(3,4)29-21(28-19)12-8-14(22)17(15(23)9-12)27-16-10-13(11-6-7-11)18(26)25(5)24-16;1-24-16(27)8-14(26)17(23-24)10-5-12(20)18(13(21)6-10)29-15-7-11(9-3-4-9)19(28)25(2)22-15;1-8-4(10)2-3(9)5(6)7-8/h8-11H,6-7H2,1-5H3;5-7,9H,3-4,8H2,1-2H3;2H2,1H3. The van der Waals surface area contributed by atoms with E-state index in [4.69, 9.17) is 65.2 Å². The lowest BCUT2D eigenvalue weighted by molar-refractivity contribution is -0.135. The Hall–Kier alpha value is -4.96. The van der Waals surface area contributed by atoms with Crippen molar-refractivity contribution in [3.8, 4) is 23.3 Å². The third-order valence-electron chi connectivity index (χ3n) is 11.7. The molecule has 9 rings (SSSR count). The predicted molar refractivity (Wildman–Crippen MR) is 259 cm³/mol. The second-order valence-corrected chi connectivity index (χ2v) is 19.9. The number of carbonyl (C=O) groups is 4. The van der Waals surface area contributed by atoms with Crippen LogP contribution in [0.5, 0.6) is 23.3 Å². The summed E-state index contributed by atoms with van der Waals surface area (Å²) in [6.45, 7) is 7.93. The van der Waals surface area contributed by atoms with E-state index in [1.807, 2.05) is 27.7 Å². The topological polar surface area (TPSA) is 206 Å². The van der Waals surface area contributed by atoms with Crippen LogP contribution in [0.2, 0.25) is 20.1 Å². The lowest BCUT2D eigenvalue weighted by Crippen LogP contribution is -2.41. The van der Waals surface area contributed by atoms with Gasteiger partial charge < -0.3 is 18.8 Å². The summed E-state index contributed by atoms with van der Waals surface area (Å²) in [4.78, 5) is 69.7. The predicted octanol–water partition coefficient (Wildman–Crippen LogP) is 7.07. The molecule has 68 heavy (non-hydrogen) atoms. The molecule has 0 spiro atoms. The van der Waals surface area contributed by atoms with Gasteiger partial charge >= 0.3 is 7.12 Å². The van der Waals surface area contributed by atoms with E-state index in [-0.39, 0.29) is 97.0 Å². The number of Topliss-reactive ketones (excluding diaryl/α,β-unsaturated/α-hetero) is 2. The fraction of sp³-hybridized carbons (Fsp3) is 0.409. The van der Waals surface area contributed by atoms with Gasteiger partial charge in [-0.1, -0.05) is 46.4 Å². The molecule has 2 aliphatic carbocycles. The highest BCUT2D eigenvalue weighted by molar-refractivity contribution is 9.19. The molecule has 0 bridgehead atoms. The van der Waals surface area contributed by atoms with Crippen LogP contribution in [0.4, 0.5) is 0 Å². The lowest BCUT2D eigenvalue weighted by Gasteiger charge is -2.32. The van der Waals surface area contributed by atoms with Gasteiger partial charge in [-0.2, -0.15) is 10.2 Å². The molecule has 1 saturated heterocycles. The Labute approximate surface area is 418 Å². The Morgan fingerprint density at radius 2 is 1.01 bits per heavy atom. The van der Waals surface area contributed by atoms with Gasteiger partial charge in [-0.05, 0) is 111 Å². The van der Waals surface area contributed by atoms with Gasteiger partial charge in [0.05, 0.1) is 44.1 Å². The van der Waals surface area contributed by atoms with E-state index in [1.54, 1.807) is 38.4 Å². The number of hydrazone groups is 2. The van der Waals surface area contributed by atoms with Crippen LogP contribution < -0.4 is 26.1 Å². The van der Waals surface area contributed by atoms with Crippen molar-refractivity contribution >= 4 is 109 Å². The summed E-state index contributed by atoms with van der Waals surface area (Å²) in [5.41, 5.74) is 1.34. The quantitative estimate of drug-likeness (QED) is 0.128. The molecule has 5 heterocycles. The summed E-state index contributed by atoms with van der Waals surface area (Å²) in [6, 6.07) is 9.70. The zero-order valence-electron chi connectivity index (χ0n) is 38.0. The number of rotatable bonds is 8. The van der Waals surface area contributed by atoms with Gasteiger partial charge in [0, 0.05) is 57.0 Å². The van der Waals surface area contributed by atoms with Crippen molar-refractivity contribution in [2.75, 3.05) is 14.1 Å². The van der Waals surface area contributed by atoms with E-state index < -0.39 is 24.1 Å². The number of hydrogen-bond acceptors (Lipinski definition) is 14. The highest BCUT2D eigenvalue weighted by Gasteiger charge is 2.52. The van der Waals surface area contributed by atoms with E-state index in [9.17, 15) is 28.8 Å². The molecular weight excluding hydrogens is 1030 g/mol. The van der Waals surface area contributed by atoms with Crippen molar-refractivity contribution in [3.63, 3.8) is 0 Å². The fourth-order valence-corrected chi connectivity index (χ4v) is 8.38. The van der Waals surface area contributed by atoms with Crippen LogP contribution in [0.25, 0.3) is 0 Å². The number of nitrogens with zero attached hydrogens (tertiary/aromatic N) is 8. The van der Waals surface area contributed by atoms with E-state index in [2.05, 4.69) is 36.3 Å². The highest BCUT2D eigenvalue weighted by atomic mass is 79.9. The third-order valence-corrected chi connectivity index (χ3v) is 13.5. The minimum atomic E-state index is -0.582. The molecule has 3 aliphatic heterocycles. The molecule has 0 N–H and O–H groups in total. The van der Waals surface area contributed by atoms with Crippen molar-refractivity contribution in [3.05, 3.63) is 93.9 Å². The van der Waals surface area contributed by atoms with Gasteiger partial charge in [-0.15, -0.1) is 10.2 Å². The Morgan fingerprint density at radius 1 is 0.618 bits per heavy atom. The fourth-order valence-electron chi connectivity index (χ4n) is 6.86. The Bertz CT molecular complexity index is 2890. The summed E-state index contributed by atoms with van der Waals surface area (Å²) >= 11 is 28.6. The highest BCUT2D eigenvalue weighted by Crippen LogP contribution is 2.43. The molecule has 18 nitrogen and oxygen atoms in total. The van der Waals surface area contributed by atoms with E-state index >= 15 is 0 Å². The molecule has 2 aromatic carbocycles. The SMILES string of the molecule is CN1N=C(Br)C(=O)CC1=O.CN1N=C(c2cc(Cl)c(Oc3cc(C4CC4)c(=O)n(C)n3)c(Cl)c2)C(=O)CC1=O.Cn1nc(Oc2c(Cl)cc(B3OC(C)(C)C(C)(C)O3)cc2Cl)cc(C2CC2)c1=O. The largest absolute Gasteiger partial charge is 0.494 e. The van der Waals surface area contributed by atoms with E-state index in [1.165, 1.54) is 35.6 Å². The molecular formula is C44H44BBrCl4N8O10. The maximum atomic E-state index is 12.3. The first-order chi connectivity index (χ1) is 31.8. The molecule has 4 aromatic rings. The molecule has 2 saturated carbocycles. The molecule has 24 heteroatoms. The number of amides is 2. The zero-order chi connectivity index (χ0) is 49.7. The van der Waals surface area contributed by atoms with Crippen LogP contribution in [0.1, 0.15) is 94.7 Å². The van der Waals surface area contributed by atoms with E-state index in [0.29, 0.717) is 32.2 Å². The number of ether oxygens (including phenoxy) is 2. The summed E-state index contributed by atoms with van der Waals surface area (Å²) in [7, 11) is 5.55. The van der Waals surface area contributed by atoms with E-state index in [0.717, 1.165) is 35.7 Å². The first kappa shape index (κ1) is 50.9. The van der Waals surface area contributed by atoms with Crippen molar-refractivity contribution in [2.45, 2.75) is 89.3 Å². The monoisotopic (exact) mass is 1070 g/mol. The zero-order valence-corrected chi connectivity index (χ0v) is 42.6. The maximum absolute atomic E-state index is 12.3.